The van der Waals surface area contributed by atoms with Gasteiger partial charge in [-0.3, -0.25) is 0 Å². The summed E-state index contributed by atoms with van der Waals surface area (Å²) in [5.41, 5.74) is 0. The predicted molar refractivity (Wildman–Crippen MR) is 56.4 cm³/mol. The van der Waals surface area contributed by atoms with Crippen molar-refractivity contribution in [3.05, 3.63) is 29.8 Å². The monoisotopic (exact) mass is 234 g/mol. The summed E-state index contributed by atoms with van der Waals surface area (Å²) in [4.78, 5) is 0. The Hall–Kier alpha value is -0.830. The molecule has 0 bridgehead atoms. The lowest BCUT2D eigenvalue weighted by atomic mass is 10.2. The molecule has 4 heteroatoms. The summed E-state index contributed by atoms with van der Waals surface area (Å²) in [6.07, 6.45) is 2.64. The van der Waals surface area contributed by atoms with Crippen LogP contribution in [0, 0.1) is 11.6 Å². The normalized spacial score (nSPS) is 10.3. The Morgan fingerprint density at radius 3 is 2.67 bits per heavy atom. The SMILES string of the molecule is Fc1cccc(OCCCCCCl)c1F. The first-order valence-electron chi connectivity index (χ1n) is 4.88. The Morgan fingerprint density at radius 1 is 1.13 bits per heavy atom. The summed E-state index contributed by atoms with van der Waals surface area (Å²) in [6, 6.07) is 3.90. The molecule has 0 aromatic heterocycles. The molecule has 15 heavy (non-hydrogen) atoms. The molecule has 1 nitrogen and oxygen atoms in total. The standard InChI is InChI=1S/C11H13ClF2O/c12-7-2-1-3-8-15-10-6-4-5-9(13)11(10)14/h4-6H,1-3,7-8H2. The van der Waals surface area contributed by atoms with E-state index in [4.69, 9.17) is 16.3 Å². The van der Waals surface area contributed by atoms with Gasteiger partial charge in [0.25, 0.3) is 0 Å². The fraction of sp³-hybridized carbons (Fsp3) is 0.455. The lowest BCUT2D eigenvalue weighted by Gasteiger charge is -2.06. The Balaban J connectivity index is 2.34. The van der Waals surface area contributed by atoms with Crippen LogP contribution in [0.5, 0.6) is 5.75 Å². The highest BCUT2D eigenvalue weighted by Crippen LogP contribution is 2.19. The highest BCUT2D eigenvalue weighted by molar-refractivity contribution is 6.17. The van der Waals surface area contributed by atoms with E-state index in [1.54, 1.807) is 0 Å². The van der Waals surface area contributed by atoms with Crippen LogP contribution in [0.1, 0.15) is 19.3 Å². The second-order valence-electron chi connectivity index (χ2n) is 3.15. The maximum Gasteiger partial charge on any atom is 0.200 e. The molecule has 1 aromatic rings. The molecule has 0 saturated heterocycles. The van der Waals surface area contributed by atoms with Crippen molar-refractivity contribution < 1.29 is 13.5 Å². The zero-order valence-corrected chi connectivity index (χ0v) is 9.07. The minimum atomic E-state index is -0.921. The van der Waals surface area contributed by atoms with Gasteiger partial charge in [0.05, 0.1) is 6.61 Å². The molecular weight excluding hydrogens is 222 g/mol. The van der Waals surface area contributed by atoms with Gasteiger partial charge in [-0.25, -0.2) is 4.39 Å². The first kappa shape index (κ1) is 12.2. The molecule has 0 saturated carbocycles. The van der Waals surface area contributed by atoms with E-state index < -0.39 is 11.6 Å². The summed E-state index contributed by atoms with van der Waals surface area (Å²) < 4.78 is 30.9. The van der Waals surface area contributed by atoms with Crippen LogP contribution in [-0.4, -0.2) is 12.5 Å². The van der Waals surface area contributed by atoms with Gasteiger partial charge in [-0.15, -0.1) is 11.6 Å². The van der Waals surface area contributed by atoms with E-state index >= 15 is 0 Å². The van der Waals surface area contributed by atoms with E-state index in [2.05, 4.69) is 0 Å². The quantitative estimate of drug-likeness (QED) is 0.538. The molecule has 0 N–H and O–H groups in total. The lowest BCUT2D eigenvalue weighted by molar-refractivity contribution is 0.286. The van der Waals surface area contributed by atoms with Gasteiger partial charge >= 0.3 is 0 Å². The van der Waals surface area contributed by atoms with Crippen molar-refractivity contribution in [1.29, 1.82) is 0 Å². The first-order chi connectivity index (χ1) is 7.25. The first-order valence-corrected chi connectivity index (χ1v) is 5.42. The molecule has 0 aliphatic carbocycles. The number of ether oxygens (including phenoxy) is 1. The third-order valence-corrected chi connectivity index (χ3v) is 2.22. The molecule has 0 fully saturated rings. The Labute approximate surface area is 93.0 Å². The van der Waals surface area contributed by atoms with Crippen molar-refractivity contribution in [1.82, 2.24) is 0 Å². The number of alkyl halides is 1. The summed E-state index contributed by atoms with van der Waals surface area (Å²) in [7, 11) is 0. The van der Waals surface area contributed by atoms with Gasteiger partial charge < -0.3 is 4.74 Å². The van der Waals surface area contributed by atoms with Crippen molar-refractivity contribution in [3.63, 3.8) is 0 Å². The Morgan fingerprint density at radius 2 is 1.93 bits per heavy atom. The topological polar surface area (TPSA) is 9.23 Å². The third-order valence-electron chi connectivity index (χ3n) is 1.95. The van der Waals surface area contributed by atoms with Gasteiger partial charge in [-0.1, -0.05) is 6.07 Å². The van der Waals surface area contributed by atoms with E-state index in [1.807, 2.05) is 0 Å². The van der Waals surface area contributed by atoms with Crippen LogP contribution in [0.3, 0.4) is 0 Å². The summed E-state index contributed by atoms with van der Waals surface area (Å²) >= 11 is 5.49. The van der Waals surface area contributed by atoms with Crippen molar-refractivity contribution in [2.45, 2.75) is 19.3 Å². The zero-order valence-electron chi connectivity index (χ0n) is 8.31. The molecule has 0 amide bonds. The van der Waals surface area contributed by atoms with Crippen LogP contribution in [0.25, 0.3) is 0 Å². The number of rotatable bonds is 6. The molecule has 0 aliphatic rings. The number of halogens is 3. The van der Waals surface area contributed by atoms with E-state index in [0.29, 0.717) is 12.5 Å². The average molecular weight is 235 g/mol. The van der Waals surface area contributed by atoms with Crippen molar-refractivity contribution in [2.75, 3.05) is 12.5 Å². The van der Waals surface area contributed by atoms with Gasteiger partial charge in [-0.2, -0.15) is 4.39 Å². The minimum absolute atomic E-state index is 0.0270. The molecule has 0 aliphatic heterocycles. The summed E-state index contributed by atoms with van der Waals surface area (Å²) in [5, 5.41) is 0. The average Bonchev–Trinajstić information content (AvgIpc) is 2.24. The number of hydrogen-bond acceptors (Lipinski definition) is 1. The van der Waals surface area contributed by atoms with Gasteiger partial charge in [0.2, 0.25) is 5.82 Å². The number of hydrogen-bond donors (Lipinski definition) is 0. The maximum atomic E-state index is 13.1. The highest BCUT2D eigenvalue weighted by atomic mass is 35.5. The van der Waals surface area contributed by atoms with Gasteiger partial charge in [0.1, 0.15) is 0 Å². The zero-order chi connectivity index (χ0) is 11.1. The third kappa shape index (κ3) is 4.04. The van der Waals surface area contributed by atoms with Crippen LogP contribution in [-0.2, 0) is 0 Å². The van der Waals surface area contributed by atoms with Crippen molar-refractivity contribution in [3.8, 4) is 5.75 Å². The molecular formula is C11H13ClF2O. The summed E-state index contributed by atoms with van der Waals surface area (Å²) in [6.45, 7) is 0.386. The molecule has 0 heterocycles. The van der Waals surface area contributed by atoms with Crippen LogP contribution in [0.15, 0.2) is 18.2 Å². The second-order valence-corrected chi connectivity index (χ2v) is 3.53. The summed E-state index contributed by atoms with van der Waals surface area (Å²) in [5.74, 6) is -1.21. The van der Waals surface area contributed by atoms with Gasteiger partial charge in [-0.05, 0) is 31.4 Å². The molecule has 0 spiro atoms. The smallest absolute Gasteiger partial charge is 0.200 e. The number of benzene rings is 1. The Bertz CT molecular complexity index is 305. The molecule has 84 valence electrons. The fourth-order valence-corrected chi connectivity index (χ4v) is 1.34. The van der Waals surface area contributed by atoms with Crippen LogP contribution >= 0.6 is 11.6 Å². The molecule has 0 unspecified atom stereocenters. The van der Waals surface area contributed by atoms with E-state index in [-0.39, 0.29) is 5.75 Å². The lowest BCUT2D eigenvalue weighted by Crippen LogP contribution is -2.00. The maximum absolute atomic E-state index is 13.1. The second kappa shape index (κ2) is 6.62. The predicted octanol–water partition coefficient (Wildman–Crippen LogP) is 3.75. The Kier molecular flexibility index (Phi) is 5.40. The van der Waals surface area contributed by atoms with Gasteiger partial charge in [0, 0.05) is 5.88 Å². The van der Waals surface area contributed by atoms with Gasteiger partial charge in [0.15, 0.2) is 11.6 Å². The van der Waals surface area contributed by atoms with Crippen molar-refractivity contribution >= 4 is 11.6 Å². The minimum Gasteiger partial charge on any atom is -0.490 e. The highest BCUT2D eigenvalue weighted by Gasteiger charge is 2.07. The van der Waals surface area contributed by atoms with Crippen molar-refractivity contribution in [2.24, 2.45) is 0 Å². The molecule has 0 radical (unpaired) electrons. The number of unbranched alkanes of at least 4 members (excludes halogenated alkanes) is 2. The fourth-order valence-electron chi connectivity index (χ4n) is 1.15. The molecule has 0 atom stereocenters. The van der Waals surface area contributed by atoms with E-state index in [0.717, 1.165) is 25.3 Å². The largest absolute Gasteiger partial charge is 0.490 e. The van der Waals surface area contributed by atoms with E-state index in [9.17, 15) is 8.78 Å². The van der Waals surface area contributed by atoms with E-state index in [1.165, 1.54) is 12.1 Å². The molecule has 1 aromatic carbocycles. The van der Waals surface area contributed by atoms with Crippen LogP contribution in [0.4, 0.5) is 8.78 Å². The van der Waals surface area contributed by atoms with Crippen LogP contribution < -0.4 is 4.74 Å². The molecule has 1 rings (SSSR count). The van der Waals surface area contributed by atoms with Crippen LogP contribution in [0.2, 0.25) is 0 Å².